The number of methoxy groups -OCH3 is 1. The first-order chi connectivity index (χ1) is 11.2. The van der Waals surface area contributed by atoms with Crippen molar-refractivity contribution in [1.82, 2.24) is 0 Å². The summed E-state index contributed by atoms with van der Waals surface area (Å²) >= 11 is 0. The first-order valence-electron chi connectivity index (χ1n) is 8.32. The van der Waals surface area contributed by atoms with E-state index in [1.165, 1.54) is 18.4 Å². The minimum Gasteiger partial charge on any atom is -0.497 e. The van der Waals surface area contributed by atoms with Crippen molar-refractivity contribution < 1.29 is 19.4 Å². The fourth-order valence-electron chi connectivity index (χ4n) is 2.81. The number of unbranched alkanes of at least 4 members (excludes halogenated alkanes) is 2. The van der Waals surface area contributed by atoms with E-state index in [1.54, 1.807) is 13.2 Å². The van der Waals surface area contributed by atoms with Gasteiger partial charge in [-0.15, -0.1) is 0 Å². The average Bonchev–Trinajstić information content (AvgIpc) is 2.54. The summed E-state index contributed by atoms with van der Waals surface area (Å²) in [7, 11) is 1.68. The number of ether oxygens (including phenoxy) is 2. The standard InChI is InChI=1S/C19H26O4/c1-22-17-12-10-15(11-13-17)6-3-2-4-8-18-16(14-23-18)7-5-9-19(20)21/h5,7,10-13,16,18H,2-4,6,8-9,14H2,1H3,(H,20,21). The van der Waals surface area contributed by atoms with Crippen molar-refractivity contribution in [3.8, 4) is 5.75 Å². The number of carbonyl (C=O) groups is 1. The van der Waals surface area contributed by atoms with Crippen molar-refractivity contribution in [3.05, 3.63) is 42.0 Å². The van der Waals surface area contributed by atoms with Crippen LogP contribution in [-0.2, 0) is 16.0 Å². The SMILES string of the molecule is COc1ccc(CCCCCC2OCC2C=CCC(=O)O)cc1. The minimum atomic E-state index is -0.781. The van der Waals surface area contributed by atoms with Crippen LogP contribution in [-0.4, -0.2) is 30.9 Å². The second kappa shape index (κ2) is 9.36. The molecule has 1 saturated heterocycles. The Morgan fingerprint density at radius 3 is 2.70 bits per heavy atom. The fraction of sp³-hybridized carbons (Fsp3) is 0.526. The van der Waals surface area contributed by atoms with Crippen molar-refractivity contribution in [1.29, 1.82) is 0 Å². The molecule has 23 heavy (non-hydrogen) atoms. The molecular weight excluding hydrogens is 292 g/mol. The van der Waals surface area contributed by atoms with Gasteiger partial charge in [0.1, 0.15) is 5.75 Å². The van der Waals surface area contributed by atoms with Gasteiger partial charge >= 0.3 is 5.97 Å². The number of hydrogen-bond acceptors (Lipinski definition) is 3. The number of carboxylic acid groups (broad SMARTS) is 1. The first kappa shape index (κ1) is 17.5. The van der Waals surface area contributed by atoms with Gasteiger partial charge in [-0.3, -0.25) is 4.79 Å². The molecule has 1 heterocycles. The van der Waals surface area contributed by atoms with E-state index in [9.17, 15) is 4.79 Å². The van der Waals surface area contributed by atoms with E-state index < -0.39 is 5.97 Å². The van der Waals surface area contributed by atoms with Crippen LogP contribution in [0.4, 0.5) is 0 Å². The van der Waals surface area contributed by atoms with E-state index >= 15 is 0 Å². The van der Waals surface area contributed by atoms with Gasteiger partial charge in [0.15, 0.2) is 0 Å². The predicted octanol–water partition coefficient (Wildman–Crippen LogP) is 3.84. The summed E-state index contributed by atoms with van der Waals surface area (Å²) in [4.78, 5) is 10.5. The summed E-state index contributed by atoms with van der Waals surface area (Å²) in [6.07, 6.45) is 9.81. The highest BCUT2D eigenvalue weighted by Gasteiger charge is 2.28. The zero-order valence-corrected chi connectivity index (χ0v) is 13.7. The molecule has 1 aromatic carbocycles. The molecule has 0 amide bonds. The smallest absolute Gasteiger partial charge is 0.307 e. The molecule has 1 aliphatic rings. The van der Waals surface area contributed by atoms with Crippen LogP contribution in [0.25, 0.3) is 0 Å². The summed E-state index contributed by atoms with van der Waals surface area (Å²) in [6.45, 7) is 0.729. The van der Waals surface area contributed by atoms with Gasteiger partial charge in [-0.2, -0.15) is 0 Å². The highest BCUT2D eigenvalue weighted by atomic mass is 16.5. The lowest BCUT2D eigenvalue weighted by Crippen LogP contribution is -2.38. The van der Waals surface area contributed by atoms with Crippen LogP contribution in [0.5, 0.6) is 5.75 Å². The Hall–Kier alpha value is -1.81. The summed E-state index contributed by atoms with van der Waals surface area (Å²) < 4.78 is 10.7. The predicted molar refractivity (Wildman–Crippen MR) is 89.8 cm³/mol. The Morgan fingerprint density at radius 1 is 1.30 bits per heavy atom. The van der Waals surface area contributed by atoms with E-state index in [-0.39, 0.29) is 12.5 Å². The van der Waals surface area contributed by atoms with Crippen molar-refractivity contribution in [3.63, 3.8) is 0 Å². The normalized spacial score (nSPS) is 20.4. The van der Waals surface area contributed by atoms with Gasteiger partial charge in [0, 0.05) is 5.92 Å². The zero-order chi connectivity index (χ0) is 16.5. The number of benzene rings is 1. The molecular formula is C19H26O4. The third-order valence-corrected chi connectivity index (χ3v) is 4.27. The van der Waals surface area contributed by atoms with Crippen molar-refractivity contribution in [2.24, 2.45) is 5.92 Å². The average molecular weight is 318 g/mol. The molecule has 0 radical (unpaired) electrons. The summed E-state index contributed by atoms with van der Waals surface area (Å²) in [5, 5.41) is 8.62. The molecule has 0 saturated carbocycles. The third kappa shape index (κ3) is 6.06. The molecule has 1 aliphatic heterocycles. The quantitative estimate of drug-likeness (QED) is 0.526. The van der Waals surface area contributed by atoms with Crippen LogP contribution in [0.15, 0.2) is 36.4 Å². The van der Waals surface area contributed by atoms with Crippen LogP contribution in [0.1, 0.15) is 37.7 Å². The van der Waals surface area contributed by atoms with Gasteiger partial charge in [-0.1, -0.05) is 37.1 Å². The molecule has 2 atom stereocenters. The second-order valence-electron chi connectivity index (χ2n) is 6.01. The van der Waals surface area contributed by atoms with Gasteiger partial charge in [-0.25, -0.2) is 0 Å². The summed E-state index contributed by atoms with van der Waals surface area (Å²) in [6, 6.07) is 8.26. The molecule has 0 aromatic heterocycles. The van der Waals surface area contributed by atoms with E-state index in [0.29, 0.717) is 5.92 Å². The second-order valence-corrected chi connectivity index (χ2v) is 6.01. The van der Waals surface area contributed by atoms with Gasteiger partial charge in [0.2, 0.25) is 0 Å². The lowest BCUT2D eigenvalue weighted by Gasteiger charge is -2.35. The molecule has 4 heteroatoms. The topological polar surface area (TPSA) is 55.8 Å². The van der Waals surface area contributed by atoms with E-state index in [4.69, 9.17) is 14.6 Å². The molecule has 0 bridgehead atoms. The fourth-order valence-corrected chi connectivity index (χ4v) is 2.81. The molecule has 4 nitrogen and oxygen atoms in total. The highest BCUT2D eigenvalue weighted by molar-refractivity contribution is 5.68. The van der Waals surface area contributed by atoms with Gasteiger partial charge in [0.25, 0.3) is 0 Å². The Morgan fingerprint density at radius 2 is 2.09 bits per heavy atom. The first-order valence-corrected chi connectivity index (χ1v) is 8.32. The molecule has 1 aromatic rings. The molecule has 1 N–H and O–H groups in total. The number of aryl methyl sites for hydroxylation is 1. The largest absolute Gasteiger partial charge is 0.497 e. The number of carboxylic acids is 1. The zero-order valence-electron chi connectivity index (χ0n) is 13.7. The van der Waals surface area contributed by atoms with Gasteiger partial charge < -0.3 is 14.6 Å². The monoisotopic (exact) mass is 318 g/mol. The van der Waals surface area contributed by atoms with Crippen LogP contribution >= 0.6 is 0 Å². The van der Waals surface area contributed by atoms with Crippen LogP contribution in [0.2, 0.25) is 0 Å². The Kier molecular flexibility index (Phi) is 7.14. The molecule has 2 rings (SSSR count). The van der Waals surface area contributed by atoms with E-state index in [2.05, 4.69) is 12.1 Å². The maximum absolute atomic E-state index is 10.5. The van der Waals surface area contributed by atoms with Crippen molar-refractivity contribution >= 4 is 5.97 Å². The lowest BCUT2D eigenvalue weighted by molar-refractivity contribution is -0.136. The van der Waals surface area contributed by atoms with Gasteiger partial charge in [-0.05, 0) is 37.0 Å². The summed E-state index contributed by atoms with van der Waals surface area (Å²) in [5.41, 5.74) is 1.35. The van der Waals surface area contributed by atoms with Crippen molar-refractivity contribution in [2.75, 3.05) is 13.7 Å². The Bertz CT molecular complexity index is 507. The molecule has 2 unspecified atom stereocenters. The maximum atomic E-state index is 10.5. The molecule has 126 valence electrons. The van der Waals surface area contributed by atoms with Crippen LogP contribution < -0.4 is 4.74 Å². The number of rotatable bonds is 10. The van der Waals surface area contributed by atoms with Crippen molar-refractivity contribution in [2.45, 2.75) is 44.6 Å². The number of hydrogen-bond donors (Lipinski definition) is 1. The molecule has 0 spiro atoms. The Labute approximate surface area is 138 Å². The minimum absolute atomic E-state index is 0.102. The Balaban J connectivity index is 1.56. The lowest BCUT2D eigenvalue weighted by atomic mass is 9.92. The van der Waals surface area contributed by atoms with E-state index in [1.807, 2.05) is 18.2 Å². The van der Waals surface area contributed by atoms with Crippen LogP contribution in [0, 0.1) is 5.92 Å². The molecule has 1 fully saturated rings. The van der Waals surface area contributed by atoms with Crippen LogP contribution in [0.3, 0.4) is 0 Å². The summed E-state index contributed by atoms with van der Waals surface area (Å²) in [5.74, 6) is 0.519. The number of aliphatic carboxylic acids is 1. The van der Waals surface area contributed by atoms with E-state index in [0.717, 1.165) is 31.6 Å². The molecule has 0 aliphatic carbocycles. The maximum Gasteiger partial charge on any atom is 0.307 e. The van der Waals surface area contributed by atoms with Gasteiger partial charge in [0.05, 0.1) is 26.2 Å². The highest BCUT2D eigenvalue weighted by Crippen LogP contribution is 2.27. The third-order valence-electron chi connectivity index (χ3n) is 4.27.